The lowest BCUT2D eigenvalue weighted by Crippen LogP contribution is -2.57. The Labute approximate surface area is 191 Å². The van der Waals surface area contributed by atoms with Crippen LogP contribution >= 0.6 is 11.6 Å². The summed E-state index contributed by atoms with van der Waals surface area (Å²) in [5.41, 5.74) is 1.12. The molecule has 4 bridgehead atoms. The van der Waals surface area contributed by atoms with Gasteiger partial charge in [0, 0.05) is 16.6 Å². The quantitative estimate of drug-likeness (QED) is 0.626. The number of hydrogen-bond donors (Lipinski definition) is 2. The van der Waals surface area contributed by atoms with Crippen LogP contribution in [0.5, 0.6) is 11.5 Å². The first kappa shape index (κ1) is 19.9. The summed E-state index contributed by atoms with van der Waals surface area (Å²) < 4.78 is 10.7. The largest absolute Gasteiger partial charge is 0.454 e. The first-order valence-corrected chi connectivity index (χ1v) is 11.6. The van der Waals surface area contributed by atoms with Gasteiger partial charge in [0.15, 0.2) is 11.5 Å². The van der Waals surface area contributed by atoms with Crippen LogP contribution < -0.4 is 20.1 Å². The third-order valence-corrected chi connectivity index (χ3v) is 7.96. The van der Waals surface area contributed by atoms with Crippen molar-refractivity contribution in [2.45, 2.75) is 43.4 Å². The van der Waals surface area contributed by atoms with Crippen molar-refractivity contribution in [2.75, 3.05) is 17.4 Å². The average molecular weight is 453 g/mol. The predicted octanol–water partition coefficient (Wildman–Crippen LogP) is 5.18. The lowest BCUT2D eigenvalue weighted by molar-refractivity contribution is -0.138. The molecule has 2 unspecified atom stereocenters. The van der Waals surface area contributed by atoms with Crippen LogP contribution in [0.1, 0.15) is 48.9 Å². The van der Waals surface area contributed by atoms with Crippen LogP contribution in [0.4, 0.5) is 11.4 Å². The first-order chi connectivity index (χ1) is 15.4. The molecule has 4 aliphatic carbocycles. The molecule has 6 nitrogen and oxygen atoms in total. The molecule has 0 aromatic heterocycles. The average Bonchev–Trinajstić information content (AvgIpc) is 3.20. The van der Waals surface area contributed by atoms with Gasteiger partial charge < -0.3 is 20.1 Å². The molecule has 5 aliphatic rings. The number of benzene rings is 2. The number of carbonyl (C=O) groups excluding carboxylic acids is 2. The van der Waals surface area contributed by atoms with Crippen molar-refractivity contribution in [1.29, 1.82) is 0 Å². The van der Waals surface area contributed by atoms with E-state index in [9.17, 15) is 9.59 Å². The molecular weight excluding hydrogens is 428 g/mol. The van der Waals surface area contributed by atoms with Crippen LogP contribution in [0.15, 0.2) is 42.5 Å². The van der Waals surface area contributed by atoms with E-state index in [4.69, 9.17) is 21.1 Å². The van der Waals surface area contributed by atoms with Crippen LogP contribution in [-0.2, 0) is 4.79 Å². The molecule has 2 atom stereocenters. The smallest absolute Gasteiger partial charge is 0.257 e. The minimum absolute atomic E-state index is 0.0000421. The van der Waals surface area contributed by atoms with Crippen LogP contribution in [0.2, 0.25) is 0 Å². The maximum Gasteiger partial charge on any atom is 0.257 e. The van der Waals surface area contributed by atoms with Gasteiger partial charge >= 0.3 is 0 Å². The van der Waals surface area contributed by atoms with Gasteiger partial charge in [-0.05, 0) is 74.6 Å². The summed E-state index contributed by atoms with van der Waals surface area (Å²) >= 11 is 6.92. The van der Waals surface area contributed by atoms with Crippen molar-refractivity contribution in [3.8, 4) is 11.5 Å². The molecule has 0 saturated heterocycles. The van der Waals surface area contributed by atoms with Crippen molar-refractivity contribution in [1.82, 2.24) is 0 Å². The molecule has 2 aromatic rings. The van der Waals surface area contributed by atoms with Gasteiger partial charge in [0.1, 0.15) is 0 Å². The monoisotopic (exact) mass is 452 g/mol. The van der Waals surface area contributed by atoms with E-state index in [-0.39, 0.29) is 23.5 Å². The predicted molar refractivity (Wildman–Crippen MR) is 121 cm³/mol. The fraction of sp³-hybridized carbons (Fsp3) is 0.440. The number of halogens is 1. The molecule has 7 rings (SSSR count). The summed E-state index contributed by atoms with van der Waals surface area (Å²) in [6.45, 7) is 0.175. The molecule has 0 spiro atoms. The number of alkyl halides is 1. The summed E-state index contributed by atoms with van der Waals surface area (Å²) in [7, 11) is 0. The Morgan fingerprint density at radius 3 is 2.47 bits per heavy atom. The molecule has 4 saturated carbocycles. The Bertz CT molecular complexity index is 1100. The molecule has 2 N–H and O–H groups in total. The lowest BCUT2D eigenvalue weighted by atomic mass is 9.49. The minimum Gasteiger partial charge on any atom is -0.454 e. The van der Waals surface area contributed by atoms with Gasteiger partial charge in [-0.25, -0.2) is 0 Å². The van der Waals surface area contributed by atoms with Gasteiger partial charge in [0.05, 0.1) is 16.7 Å². The molecular formula is C25H25ClN2O4. The van der Waals surface area contributed by atoms with Gasteiger partial charge in [0.25, 0.3) is 5.91 Å². The number of ether oxygens (including phenoxy) is 2. The van der Waals surface area contributed by atoms with Gasteiger partial charge in [-0.1, -0.05) is 12.1 Å². The van der Waals surface area contributed by atoms with Crippen molar-refractivity contribution < 1.29 is 19.1 Å². The van der Waals surface area contributed by atoms with Crippen LogP contribution in [0, 0.1) is 17.3 Å². The zero-order chi connectivity index (χ0) is 21.9. The third kappa shape index (κ3) is 3.32. The SMILES string of the molecule is O=C(Nc1ccc2c(c1)OCO2)c1ccccc1NC(=O)C12CC3CC(CC(Cl)(C3)C1)C2. The van der Waals surface area contributed by atoms with E-state index in [1.165, 1.54) is 6.42 Å². The highest BCUT2D eigenvalue weighted by Gasteiger charge is 2.60. The molecule has 32 heavy (non-hydrogen) atoms. The van der Waals surface area contributed by atoms with Crippen LogP contribution in [-0.4, -0.2) is 23.5 Å². The molecule has 4 fully saturated rings. The van der Waals surface area contributed by atoms with Crippen LogP contribution in [0.25, 0.3) is 0 Å². The number of para-hydroxylation sites is 1. The molecule has 1 aliphatic heterocycles. The Kier molecular flexibility index (Phi) is 4.44. The molecule has 7 heteroatoms. The van der Waals surface area contributed by atoms with E-state index in [0.717, 1.165) is 32.1 Å². The number of fused-ring (bicyclic) bond motifs is 1. The second kappa shape index (κ2) is 7.14. The van der Waals surface area contributed by atoms with Gasteiger partial charge in [0.2, 0.25) is 12.7 Å². The highest BCUT2D eigenvalue weighted by atomic mass is 35.5. The highest BCUT2D eigenvalue weighted by Crippen LogP contribution is 2.64. The number of nitrogens with one attached hydrogen (secondary N) is 2. The minimum atomic E-state index is -0.424. The first-order valence-electron chi connectivity index (χ1n) is 11.2. The number of rotatable bonds is 4. The van der Waals surface area contributed by atoms with E-state index < -0.39 is 5.41 Å². The maximum atomic E-state index is 13.5. The van der Waals surface area contributed by atoms with Gasteiger partial charge in [-0.3, -0.25) is 9.59 Å². The van der Waals surface area contributed by atoms with Crippen LogP contribution in [0.3, 0.4) is 0 Å². The maximum absolute atomic E-state index is 13.5. The topological polar surface area (TPSA) is 76.7 Å². The standard InChI is InChI=1S/C25H25ClN2O4/c26-25-11-15-7-16(12-25)10-24(9-15,13-25)23(30)28-19-4-2-1-3-18(19)22(29)27-17-5-6-20-21(8-17)32-14-31-20/h1-6,8,15-16H,7,9-14H2,(H,27,29)(H,28,30). The normalized spacial score (nSPS) is 31.4. The van der Waals surface area contributed by atoms with Crippen molar-refractivity contribution in [3.63, 3.8) is 0 Å². The number of carbonyl (C=O) groups is 2. The van der Waals surface area contributed by atoms with Gasteiger partial charge in [-0.2, -0.15) is 0 Å². The van der Waals surface area contributed by atoms with Crippen molar-refractivity contribution >= 4 is 34.8 Å². The van der Waals surface area contributed by atoms with Crippen molar-refractivity contribution in [2.24, 2.45) is 17.3 Å². The van der Waals surface area contributed by atoms with E-state index in [1.54, 1.807) is 36.4 Å². The summed E-state index contributed by atoms with van der Waals surface area (Å²) in [5, 5.41) is 5.99. The molecule has 2 amide bonds. The Morgan fingerprint density at radius 1 is 0.938 bits per heavy atom. The Hall–Kier alpha value is -2.73. The second-order valence-corrected chi connectivity index (χ2v) is 10.7. The third-order valence-electron chi connectivity index (χ3n) is 7.52. The number of hydrogen-bond acceptors (Lipinski definition) is 4. The summed E-state index contributed by atoms with van der Waals surface area (Å²) in [6, 6.07) is 12.4. The zero-order valence-corrected chi connectivity index (χ0v) is 18.4. The second-order valence-electron chi connectivity index (χ2n) is 9.91. The highest BCUT2D eigenvalue weighted by molar-refractivity contribution is 6.24. The van der Waals surface area contributed by atoms with Crippen molar-refractivity contribution in [3.05, 3.63) is 48.0 Å². The summed E-state index contributed by atoms with van der Waals surface area (Å²) in [6.07, 6.45) is 5.76. The van der Waals surface area contributed by atoms with Gasteiger partial charge in [-0.15, -0.1) is 11.6 Å². The Balaban J connectivity index is 1.22. The zero-order valence-electron chi connectivity index (χ0n) is 17.7. The van der Waals surface area contributed by atoms with E-state index in [2.05, 4.69) is 10.6 Å². The summed E-state index contributed by atoms with van der Waals surface area (Å²) in [5.74, 6) is 2.02. The number of anilines is 2. The molecule has 1 heterocycles. The molecule has 0 radical (unpaired) electrons. The lowest BCUT2D eigenvalue weighted by Gasteiger charge is -2.59. The molecule has 2 aromatic carbocycles. The summed E-state index contributed by atoms with van der Waals surface area (Å²) in [4.78, 5) is 26.4. The fourth-order valence-corrected chi connectivity index (χ4v) is 7.33. The van der Waals surface area contributed by atoms with E-state index >= 15 is 0 Å². The fourth-order valence-electron chi connectivity index (χ4n) is 6.63. The Morgan fingerprint density at radius 2 is 1.69 bits per heavy atom. The van der Waals surface area contributed by atoms with E-state index in [0.29, 0.717) is 40.3 Å². The number of amides is 2. The van der Waals surface area contributed by atoms with E-state index in [1.807, 2.05) is 6.07 Å². The molecule has 166 valence electrons.